The summed E-state index contributed by atoms with van der Waals surface area (Å²) in [5.74, 6) is 0.869. The SMILES string of the molecule is COc1cc(C2(C(C)=O)CC2)ccc1Cl. The highest BCUT2D eigenvalue weighted by Crippen LogP contribution is 2.50. The van der Waals surface area contributed by atoms with Crippen molar-refractivity contribution in [2.45, 2.75) is 25.2 Å². The van der Waals surface area contributed by atoms with Crippen molar-refractivity contribution >= 4 is 17.4 Å². The Morgan fingerprint density at radius 2 is 2.13 bits per heavy atom. The van der Waals surface area contributed by atoms with E-state index in [0.29, 0.717) is 10.8 Å². The molecule has 1 fully saturated rings. The van der Waals surface area contributed by atoms with Crippen molar-refractivity contribution < 1.29 is 9.53 Å². The van der Waals surface area contributed by atoms with Gasteiger partial charge in [-0.05, 0) is 37.5 Å². The lowest BCUT2D eigenvalue weighted by Crippen LogP contribution is -2.16. The number of methoxy groups -OCH3 is 1. The summed E-state index contributed by atoms with van der Waals surface area (Å²) < 4.78 is 5.15. The van der Waals surface area contributed by atoms with Crippen molar-refractivity contribution in [3.8, 4) is 5.75 Å². The third-order valence-corrected chi connectivity index (χ3v) is 3.44. The summed E-state index contributed by atoms with van der Waals surface area (Å²) in [7, 11) is 1.58. The van der Waals surface area contributed by atoms with Crippen LogP contribution in [-0.4, -0.2) is 12.9 Å². The zero-order valence-electron chi connectivity index (χ0n) is 8.84. The molecule has 0 heterocycles. The largest absolute Gasteiger partial charge is 0.495 e. The smallest absolute Gasteiger partial charge is 0.140 e. The van der Waals surface area contributed by atoms with Crippen LogP contribution in [0.5, 0.6) is 5.75 Å². The van der Waals surface area contributed by atoms with Gasteiger partial charge in [0.25, 0.3) is 0 Å². The topological polar surface area (TPSA) is 26.3 Å². The van der Waals surface area contributed by atoms with E-state index in [1.54, 1.807) is 20.1 Å². The van der Waals surface area contributed by atoms with Crippen LogP contribution in [0, 0.1) is 0 Å². The highest BCUT2D eigenvalue weighted by Gasteiger charge is 2.48. The normalized spacial score (nSPS) is 17.3. The van der Waals surface area contributed by atoms with E-state index in [1.807, 2.05) is 12.1 Å². The monoisotopic (exact) mass is 224 g/mol. The highest BCUT2D eigenvalue weighted by molar-refractivity contribution is 6.32. The molecule has 3 heteroatoms. The first-order valence-electron chi connectivity index (χ1n) is 4.95. The molecule has 0 amide bonds. The number of halogens is 1. The van der Waals surface area contributed by atoms with Crippen LogP contribution in [0.3, 0.4) is 0 Å². The molecule has 15 heavy (non-hydrogen) atoms. The minimum absolute atomic E-state index is 0.229. The van der Waals surface area contributed by atoms with Crippen LogP contribution in [0.1, 0.15) is 25.3 Å². The van der Waals surface area contributed by atoms with E-state index >= 15 is 0 Å². The number of carbonyl (C=O) groups is 1. The Kier molecular flexibility index (Phi) is 2.47. The fraction of sp³-hybridized carbons (Fsp3) is 0.417. The van der Waals surface area contributed by atoms with Crippen molar-refractivity contribution in [3.05, 3.63) is 28.8 Å². The first-order chi connectivity index (χ1) is 7.10. The van der Waals surface area contributed by atoms with Gasteiger partial charge in [-0.2, -0.15) is 0 Å². The molecule has 0 aromatic heterocycles. The summed E-state index contributed by atoms with van der Waals surface area (Å²) in [5, 5.41) is 0.584. The Bertz CT molecular complexity index is 408. The molecule has 0 radical (unpaired) electrons. The summed E-state index contributed by atoms with van der Waals surface area (Å²) in [5.41, 5.74) is 0.772. The number of Topliss-reactive ketones (excluding diaryl/α,β-unsaturated/α-hetero) is 1. The molecule has 80 valence electrons. The Labute approximate surface area is 94.2 Å². The number of ketones is 1. The molecule has 0 N–H and O–H groups in total. The molecule has 0 aliphatic heterocycles. The number of hydrogen-bond donors (Lipinski definition) is 0. The molecule has 0 unspecified atom stereocenters. The van der Waals surface area contributed by atoms with Gasteiger partial charge >= 0.3 is 0 Å². The maximum Gasteiger partial charge on any atom is 0.140 e. The van der Waals surface area contributed by atoms with Crippen LogP contribution in [-0.2, 0) is 10.2 Å². The van der Waals surface area contributed by atoms with Crippen molar-refractivity contribution in [2.75, 3.05) is 7.11 Å². The minimum atomic E-state index is -0.252. The van der Waals surface area contributed by atoms with E-state index in [1.165, 1.54) is 0 Å². The third kappa shape index (κ3) is 1.63. The highest BCUT2D eigenvalue weighted by atomic mass is 35.5. The van der Waals surface area contributed by atoms with Crippen LogP contribution >= 0.6 is 11.6 Å². The first-order valence-corrected chi connectivity index (χ1v) is 5.33. The summed E-state index contributed by atoms with van der Waals surface area (Å²) in [4.78, 5) is 11.5. The van der Waals surface area contributed by atoms with Gasteiger partial charge in [0.2, 0.25) is 0 Å². The molecule has 0 saturated heterocycles. The summed E-state index contributed by atoms with van der Waals surface area (Å²) in [6, 6.07) is 5.58. The molecule has 2 nitrogen and oxygen atoms in total. The fourth-order valence-electron chi connectivity index (χ4n) is 1.93. The van der Waals surface area contributed by atoms with Crippen molar-refractivity contribution in [1.29, 1.82) is 0 Å². The minimum Gasteiger partial charge on any atom is -0.495 e. The van der Waals surface area contributed by atoms with E-state index in [4.69, 9.17) is 16.3 Å². The second-order valence-electron chi connectivity index (χ2n) is 3.99. The van der Waals surface area contributed by atoms with Gasteiger partial charge in [0.05, 0.1) is 17.5 Å². The molecule has 2 rings (SSSR count). The lowest BCUT2D eigenvalue weighted by molar-refractivity contribution is -0.119. The lowest BCUT2D eigenvalue weighted by atomic mass is 9.92. The Hall–Kier alpha value is -1.02. The molecule has 1 aromatic carbocycles. The van der Waals surface area contributed by atoms with E-state index in [2.05, 4.69) is 0 Å². The Morgan fingerprint density at radius 1 is 1.47 bits per heavy atom. The number of carbonyl (C=O) groups excluding carboxylic acids is 1. The molecule has 0 atom stereocenters. The number of benzene rings is 1. The first kappa shape index (κ1) is 10.5. The summed E-state index contributed by atoms with van der Waals surface area (Å²) >= 11 is 5.94. The average molecular weight is 225 g/mol. The quantitative estimate of drug-likeness (QED) is 0.789. The van der Waals surface area contributed by atoms with Crippen molar-refractivity contribution in [2.24, 2.45) is 0 Å². The van der Waals surface area contributed by atoms with Crippen molar-refractivity contribution in [3.63, 3.8) is 0 Å². The fourth-order valence-corrected chi connectivity index (χ4v) is 2.12. The second kappa shape index (κ2) is 3.53. The number of hydrogen-bond acceptors (Lipinski definition) is 2. The van der Waals surface area contributed by atoms with E-state index in [0.717, 1.165) is 18.4 Å². The predicted molar refractivity (Wildman–Crippen MR) is 59.6 cm³/mol. The Morgan fingerprint density at radius 3 is 2.60 bits per heavy atom. The Balaban J connectivity index is 2.42. The zero-order chi connectivity index (χ0) is 11.1. The zero-order valence-corrected chi connectivity index (χ0v) is 9.60. The standard InChI is InChI=1S/C12H13ClO2/c1-8(14)12(5-6-12)9-3-4-10(13)11(7-9)15-2/h3-4,7H,5-6H2,1-2H3. The average Bonchev–Trinajstić information content (AvgIpc) is 2.99. The summed E-state index contributed by atoms with van der Waals surface area (Å²) in [6.45, 7) is 1.65. The second-order valence-corrected chi connectivity index (χ2v) is 4.39. The predicted octanol–water partition coefficient (Wildman–Crippen LogP) is 2.97. The number of ether oxygens (including phenoxy) is 1. The van der Waals surface area contributed by atoms with Gasteiger partial charge in [-0.1, -0.05) is 17.7 Å². The van der Waals surface area contributed by atoms with Crippen LogP contribution < -0.4 is 4.74 Å². The lowest BCUT2D eigenvalue weighted by Gasteiger charge is -2.13. The van der Waals surface area contributed by atoms with E-state index in [9.17, 15) is 4.79 Å². The van der Waals surface area contributed by atoms with Gasteiger partial charge in [-0.3, -0.25) is 4.79 Å². The molecular weight excluding hydrogens is 212 g/mol. The molecule has 0 spiro atoms. The van der Waals surface area contributed by atoms with Gasteiger partial charge in [0.1, 0.15) is 11.5 Å². The van der Waals surface area contributed by atoms with Crippen LogP contribution in [0.2, 0.25) is 5.02 Å². The van der Waals surface area contributed by atoms with Crippen molar-refractivity contribution in [1.82, 2.24) is 0 Å². The van der Waals surface area contributed by atoms with Gasteiger partial charge in [0, 0.05) is 0 Å². The maximum absolute atomic E-state index is 11.5. The third-order valence-electron chi connectivity index (χ3n) is 3.13. The van der Waals surface area contributed by atoms with Crippen LogP contribution in [0.25, 0.3) is 0 Å². The van der Waals surface area contributed by atoms with E-state index in [-0.39, 0.29) is 11.2 Å². The molecule has 1 saturated carbocycles. The molecule has 1 aliphatic rings. The van der Waals surface area contributed by atoms with Gasteiger partial charge in [-0.25, -0.2) is 0 Å². The van der Waals surface area contributed by atoms with Crippen LogP contribution in [0.15, 0.2) is 18.2 Å². The van der Waals surface area contributed by atoms with Gasteiger partial charge in [0.15, 0.2) is 0 Å². The van der Waals surface area contributed by atoms with Crippen LogP contribution in [0.4, 0.5) is 0 Å². The molecule has 1 aliphatic carbocycles. The molecule has 0 bridgehead atoms. The molecule has 1 aromatic rings. The maximum atomic E-state index is 11.5. The summed E-state index contributed by atoms with van der Waals surface area (Å²) in [6.07, 6.45) is 1.88. The van der Waals surface area contributed by atoms with Gasteiger partial charge in [-0.15, -0.1) is 0 Å². The molecular formula is C12H13ClO2. The van der Waals surface area contributed by atoms with E-state index < -0.39 is 0 Å². The number of rotatable bonds is 3. The van der Waals surface area contributed by atoms with Gasteiger partial charge < -0.3 is 4.74 Å².